The molecule has 3 heteroatoms. The first-order valence-electron chi connectivity index (χ1n) is 7.26. The molecule has 2 unspecified atom stereocenters. The number of aromatic amines is 1. The molecule has 0 aliphatic heterocycles. The molecule has 0 fully saturated rings. The van der Waals surface area contributed by atoms with Gasteiger partial charge in [0.2, 0.25) is 0 Å². The summed E-state index contributed by atoms with van der Waals surface area (Å²) in [5, 5.41) is 10.8. The molecule has 0 saturated carbocycles. The van der Waals surface area contributed by atoms with Crippen molar-refractivity contribution in [2.45, 2.75) is 46.2 Å². The Morgan fingerprint density at radius 2 is 1.85 bits per heavy atom. The van der Waals surface area contributed by atoms with E-state index in [9.17, 15) is 0 Å². The smallest absolute Gasteiger partial charge is 0.0518 e. The van der Waals surface area contributed by atoms with E-state index in [-0.39, 0.29) is 11.5 Å². The molecule has 0 aliphatic rings. The Balaban J connectivity index is 2.15. The molecule has 2 aromatic rings. The highest BCUT2D eigenvalue weighted by molar-refractivity contribution is 5.20. The molecule has 0 amide bonds. The molecule has 1 aromatic carbocycles. The molecule has 1 heterocycles. The van der Waals surface area contributed by atoms with Gasteiger partial charge in [-0.25, -0.2) is 0 Å². The van der Waals surface area contributed by atoms with Gasteiger partial charge in [0, 0.05) is 18.3 Å². The Morgan fingerprint density at radius 3 is 2.40 bits per heavy atom. The predicted molar refractivity (Wildman–Crippen MR) is 83.4 cm³/mol. The normalized spacial score (nSPS) is 15.0. The minimum atomic E-state index is 0.255. The van der Waals surface area contributed by atoms with Crippen LogP contribution in [-0.2, 0) is 0 Å². The number of rotatable bonds is 5. The summed E-state index contributed by atoms with van der Waals surface area (Å²) >= 11 is 0. The lowest BCUT2D eigenvalue weighted by Crippen LogP contribution is -2.28. The Bertz CT molecular complexity index is 497. The molecule has 2 atom stereocenters. The van der Waals surface area contributed by atoms with E-state index in [1.54, 1.807) is 6.20 Å². The summed E-state index contributed by atoms with van der Waals surface area (Å²) in [5.74, 6) is 0. The summed E-state index contributed by atoms with van der Waals surface area (Å²) < 4.78 is 0. The topological polar surface area (TPSA) is 40.7 Å². The summed E-state index contributed by atoms with van der Waals surface area (Å²) in [6.07, 6.45) is 2.89. The third-order valence-corrected chi connectivity index (χ3v) is 3.46. The lowest BCUT2D eigenvalue weighted by atomic mass is 9.85. The average Bonchev–Trinajstić information content (AvgIpc) is 2.91. The van der Waals surface area contributed by atoms with Gasteiger partial charge in [-0.3, -0.25) is 5.10 Å². The Morgan fingerprint density at radius 1 is 1.15 bits per heavy atom. The first-order chi connectivity index (χ1) is 9.46. The van der Waals surface area contributed by atoms with Crippen LogP contribution in [0.2, 0.25) is 0 Å². The van der Waals surface area contributed by atoms with Crippen molar-refractivity contribution in [3.63, 3.8) is 0 Å². The zero-order valence-corrected chi connectivity index (χ0v) is 12.9. The van der Waals surface area contributed by atoms with Crippen LogP contribution < -0.4 is 5.32 Å². The van der Waals surface area contributed by atoms with Crippen LogP contribution in [0.1, 0.15) is 57.5 Å². The first-order valence-corrected chi connectivity index (χ1v) is 7.26. The van der Waals surface area contributed by atoms with E-state index in [0.29, 0.717) is 6.04 Å². The van der Waals surface area contributed by atoms with E-state index in [1.807, 2.05) is 6.07 Å². The standard InChI is InChI=1S/C17H25N3/c1-13(15-10-11-18-20-15)19-16(12-17(2,3)4)14-8-6-5-7-9-14/h5-11,13,16,19H,12H2,1-4H3,(H,18,20). The van der Waals surface area contributed by atoms with Gasteiger partial charge in [-0.05, 0) is 30.4 Å². The van der Waals surface area contributed by atoms with Crippen molar-refractivity contribution < 1.29 is 0 Å². The third kappa shape index (κ3) is 4.20. The largest absolute Gasteiger partial charge is 0.302 e. The number of nitrogens with zero attached hydrogens (tertiary/aromatic N) is 1. The summed E-state index contributed by atoms with van der Waals surface area (Å²) in [7, 11) is 0. The second-order valence-electron chi connectivity index (χ2n) is 6.63. The fourth-order valence-electron chi connectivity index (χ4n) is 2.47. The quantitative estimate of drug-likeness (QED) is 0.854. The van der Waals surface area contributed by atoms with Gasteiger partial charge in [-0.1, -0.05) is 51.1 Å². The summed E-state index contributed by atoms with van der Waals surface area (Å²) in [5.41, 5.74) is 2.75. The van der Waals surface area contributed by atoms with Gasteiger partial charge in [0.15, 0.2) is 0 Å². The molecule has 108 valence electrons. The van der Waals surface area contributed by atoms with Crippen LogP contribution in [0.5, 0.6) is 0 Å². The minimum absolute atomic E-state index is 0.255. The van der Waals surface area contributed by atoms with Crippen molar-refractivity contribution in [1.82, 2.24) is 15.5 Å². The molecule has 2 N–H and O–H groups in total. The number of H-pyrrole nitrogens is 1. The molecular formula is C17H25N3. The van der Waals surface area contributed by atoms with Gasteiger partial charge in [0.25, 0.3) is 0 Å². The van der Waals surface area contributed by atoms with Crippen LogP contribution in [0.3, 0.4) is 0 Å². The maximum atomic E-state index is 4.03. The van der Waals surface area contributed by atoms with Crippen molar-refractivity contribution in [1.29, 1.82) is 0 Å². The Hall–Kier alpha value is -1.61. The molecule has 3 nitrogen and oxygen atoms in total. The van der Waals surface area contributed by atoms with Crippen LogP contribution >= 0.6 is 0 Å². The lowest BCUT2D eigenvalue weighted by molar-refractivity contribution is 0.296. The molecule has 0 spiro atoms. The third-order valence-electron chi connectivity index (χ3n) is 3.46. The van der Waals surface area contributed by atoms with Crippen LogP contribution in [-0.4, -0.2) is 10.2 Å². The molecule has 0 aliphatic carbocycles. The summed E-state index contributed by atoms with van der Waals surface area (Å²) in [6.45, 7) is 9.02. The minimum Gasteiger partial charge on any atom is -0.302 e. The van der Waals surface area contributed by atoms with Crippen LogP contribution in [0, 0.1) is 5.41 Å². The van der Waals surface area contributed by atoms with Gasteiger partial charge >= 0.3 is 0 Å². The summed E-state index contributed by atoms with van der Waals surface area (Å²) in [4.78, 5) is 0. The predicted octanol–water partition coefficient (Wildman–Crippen LogP) is 4.24. The van der Waals surface area contributed by atoms with E-state index >= 15 is 0 Å². The molecule has 0 saturated heterocycles. The van der Waals surface area contributed by atoms with Gasteiger partial charge in [-0.2, -0.15) is 5.10 Å². The zero-order valence-electron chi connectivity index (χ0n) is 12.9. The van der Waals surface area contributed by atoms with Crippen molar-refractivity contribution in [2.24, 2.45) is 5.41 Å². The van der Waals surface area contributed by atoms with E-state index in [2.05, 4.69) is 73.5 Å². The molecule has 2 rings (SSSR count). The molecule has 0 bridgehead atoms. The maximum Gasteiger partial charge on any atom is 0.0518 e. The highest BCUT2D eigenvalue weighted by atomic mass is 15.1. The number of hydrogen-bond acceptors (Lipinski definition) is 2. The molecule has 1 aromatic heterocycles. The second kappa shape index (κ2) is 6.23. The van der Waals surface area contributed by atoms with Crippen molar-refractivity contribution >= 4 is 0 Å². The number of nitrogens with one attached hydrogen (secondary N) is 2. The van der Waals surface area contributed by atoms with Crippen molar-refractivity contribution in [2.75, 3.05) is 0 Å². The Labute approximate surface area is 121 Å². The molecule has 20 heavy (non-hydrogen) atoms. The van der Waals surface area contributed by atoms with E-state index < -0.39 is 0 Å². The molecule has 0 radical (unpaired) electrons. The summed E-state index contributed by atoms with van der Waals surface area (Å²) in [6, 6.07) is 13.3. The fourth-order valence-corrected chi connectivity index (χ4v) is 2.47. The highest BCUT2D eigenvalue weighted by Crippen LogP contribution is 2.31. The van der Waals surface area contributed by atoms with Crippen LogP contribution in [0.4, 0.5) is 0 Å². The first kappa shape index (κ1) is 14.8. The lowest BCUT2D eigenvalue weighted by Gasteiger charge is -2.29. The van der Waals surface area contributed by atoms with Crippen molar-refractivity contribution in [3.05, 3.63) is 53.9 Å². The van der Waals surface area contributed by atoms with Crippen molar-refractivity contribution in [3.8, 4) is 0 Å². The van der Waals surface area contributed by atoms with Crippen LogP contribution in [0.25, 0.3) is 0 Å². The molecular weight excluding hydrogens is 246 g/mol. The number of benzene rings is 1. The maximum absolute atomic E-state index is 4.03. The second-order valence-corrected chi connectivity index (χ2v) is 6.63. The monoisotopic (exact) mass is 271 g/mol. The van der Waals surface area contributed by atoms with Crippen LogP contribution in [0.15, 0.2) is 42.6 Å². The number of aromatic nitrogens is 2. The van der Waals surface area contributed by atoms with E-state index in [1.165, 1.54) is 5.56 Å². The Kier molecular flexibility index (Phi) is 4.61. The fraction of sp³-hybridized carbons (Fsp3) is 0.471. The van der Waals surface area contributed by atoms with E-state index in [0.717, 1.165) is 12.1 Å². The van der Waals surface area contributed by atoms with Gasteiger partial charge in [0.05, 0.1) is 5.69 Å². The number of hydrogen-bond donors (Lipinski definition) is 2. The average molecular weight is 271 g/mol. The van der Waals surface area contributed by atoms with Gasteiger partial charge in [0.1, 0.15) is 0 Å². The van der Waals surface area contributed by atoms with Gasteiger partial charge in [-0.15, -0.1) is 0 Å². The SMILES string of the molecule is CC(NC(CC(C)(C)C)c1ccccc1)c1ccn[nH]1. The highest BCUT2D eigenvalue weighted by Gasteiger charge is 2.22. The van der Waals surface area contributed by atoms with Gasteiger partial charge < -0.3 is 5.32 Å². The van der Waals surface area contributed by atoms with E-state index in [4.69, 9.17) is 0 Å². The zero-order chi connectivity index (χ0) is 14.6.